The molecule has 0 saturated carbocycles. The van der Waals surface area contributed by atoms with E-state index in [0.29, 0.717) is 5.69 Å². The molecular formula is C18H25N3O3S2. The van der Waals surface area contributed by atoms with Crippen molar-refractivity contribution in [3.05, 3.63) is 49.6 Å². The fourth-order valence-electron chi connectivity index (χ4n) is 1.87. The van der Waals surface area contributed by atoms with Crippen LogP contribution < -0.4 is 10.6 Å². The van der Waals surface area contributed by atoms with E-state index < -0.39 is 15.4 Å². The summed E-state index contributed by atoms with van der Waals surface area (Å²) in [7, 11) is -3.65. The number of rotatable bonds is 7. The molecule has 0 saturated heterocycles. The van der Waals surface area contributed by atoms with Crippen LogP contribution in [-0.4, -0.2) is 36.8 Å². The Kier molecular flexibility index (Phi) is 7.68. The number of nitrogens with zero attached hydrogens (tertiary/aromatic N) is 1. The van der Waals surface area contributed by atoms with Gasteiger partial charge in [-0.05, 0) is 36.5 Å². The van der Waals surface area contributed by atoms with E-state index in [-0.39, 0.29) is 29.0 Å². The Morgan fingerprint density at radius 2 is 1.65 bits per heavy atom. The van der Waals surface area contributed by atoms with Crippen molar-refractivity contribution in [1.29, 1.82) is 0 Å². The van der Waals surface area contributed by atoms with Crippen LogP contribution in [0.1, 0.15) is 20.8 Å². The number of hydrogen-bond donors (Lipinski definition) is 2. The molecule has 0 atom stereocenters. The largest absolute Gasteiger partial charge is 0.332 e. The van der Waals surface area contributed by atoms with Gasteiger partial charge < -0.3 is 10.6 Å². The lowest BCUT2D eigenvalue weighted by Gasteiger charge is -2.20. The fourth-order valence-corrected chi connectivity index (χ4v) is 3.46. The Morgan fingerprint density at radius 3 is 2.08 bits per heavy atom. The summed E-state index contributed by atoms with van der Waals surface area (Å²) in [6.45, 7) is 12.9. The van der Waals surface area contributed by atoms with Crippen molar-refractivity contribution in [2.75, 3.05) is 18.4 Å². The molecule has 0 heterocycles. The number of anilines is 1. The Hall–Kier alpha value is -2.03. The molecule has 0 aliphatic rings. The molecule has 0 unspecified atom stereocenters. The molecule has 0 aliphatic heterocycles. The number of hydrogen-bond acceptors (Lipinski definition) is 4. The molecule has 0 bridgehead atoms. The van der Waals surface area contributed by atoms with E-state index in [9.17, 15) is 13.2 Å². The summed E-state index contributed by atoms with van der Waals surface area (Å²) < 4.78 is 26.5. The molecule has 0 fully saturated rings. The van der Waals surface area contributed by atoms with Gasteiger partial charge in [-0.1, -0.05) is 32.9 Å². The predicted octanol–water partition coefficient (Wildman–Crippen LogP) is 2.91. The average Bonchev–Trinajstić information content (AvgIpc) is 2.54. The second-order valence-corrected chi connectivity index (χ2v) is 8.93. The first-order chi connectivity index (χ1) is 12.0. The highest BCUT2D eigenvalue weighted by molar-refractivity contribution is 7.89. The van der Waals surface area contributed by atoms with Gasteiger partial charge in [-0.15, -0.1) is 13.2 Å². The summed E-state index contributed by atoms with van der Waals surface area (Å²) >= 11 is 5.11. The number of thiocarbonyl (C=S) groups is 1. The lowest BCUT2D eigenvalue weighted by Crippen LogP contribution is -2.41. The van der Waals surface area contributed by atoms with Gasteiger partial charge in [0.25, 0.3) is 0 Å². The smallest absolute Gasteiger partial charge is 0.243 e. The zero-order valence-electron chi connectivity index (χ0n) is 15.3. The highest BCUT2D eigenvalue weighted by Crippen LogP contribution is 2.19. The molecule has 1 aromatic carbocycles. The molecule has 1 amide bonds. The highest BCUT2D eigenvalue weighted by atomic mass is 32.2. The molecule has 0 aliphatic carbocycles. The Labute approximate surface area is 161 Å². The first-order valence-electron chi connectivity index (χ1n) is 7.97. The van der Waals surface area contributed by atoms with Crippen molar-refractivity contribution in [2.45, 2.75) is 25.7 Å². The van der Waals surface area contributed by atoms with Gasteiger partial charge in [0.2, 0.25) is 15.9 Å². The summed E-state index contributed by atoms with van der Waals surface area (Å²) in [5.74, 6) is -0.210. The predicted molar refractivity (Wildman–Crippen MR) is 109 cm³/mol. The van der Waals surface area contributed by atoms with Crippen LogP contribution in [-0.2, 0) is 14.8 Å². The highest BCUT2D eigenvalue weighted by Gasteiger charge is 2.23. The van der Waals surface area contributed by atoms with Crippen molar-refractivity contribution in [1.82, 2.24) is 9.62 Å². The van der Waals surface area contributed by atoms with Crippen LogP contribution in [0.4, 0.5) is 5.69 Å². The van der Waals surface area contributed by atoms with Gasteiger partial charge in [0.15, 0.2) is 5.11 Å². The molecule has 2 N–H and O–H groups in total. The number of carbonyl (C=O) groups is 1. The maximum absolute atomic E-state index is 12.6. The van der Waals surface area contributed by atoms with Gasteiger partial charge in [0, 0.05) is 24.2 Å². The van der Waals surface area contributed by atoms with E-state index >= 15 is 0 Å². The van der Waals surface area contributed by atoms with Crippen LogP contribution in [0, 0.1) is 5.41 Å². The molecule has 0 spiro atoms. The van der Waals surface area contributed by atoms with Gasteiger partial charge in [-0.3, -0.25) is 4.79 Å². The van der Waals surface area contributed by atoms with E-state index in [1.165, 1.54) is 28.6 Å². The van der Waals surface area contributed by atoms with Gasteiger partial charge in [-0.25, -0.2) is 8.42 Å². The first kappa shape index (κ1) is 22.0. The third kappa shape index (κ3) is 6.05. The van der Waals surface area contributed by atoms with Crippen molar-refractivity contribution >= 4 is 38.9 Å². The normalized spacial score (nSPS) is 11.7. The van der Waals surface area contributed by atoms with Crippen molar-refractivity contribution in [2.24, 2.45) is 5.41 Å². The van der Waals surface area contributed by atoms with Gasteiger partial charge in [0.05, 0.1) is 4.90 Å². The van der Waals surface area contributed by atoms with E-state index in [4.69, 9.17) is 12.2 Å². The summed E-state index contributed by atoms with van der Waals surface area (Å²) in [4.78, 5) is 12.1. The SMILES string of the molecule is C=CCN(CC=C)S(=O)(=O)c1ccc(NC(=S)NC(=O)C(C)(C)C)cc1. The summed E-state index contributed by atoms with van der Waals surface area (Å²) in [5.41, 5.74) is 0.00540. The second kappa shape index (κ2) is 9.07. The number of amides is 1. The van der Waals surface area contributed by atoms with Gasteiger partial charge in [0.1, 0.15) is 0 Å². The zero-order chi connectivity index (χ0) is 20.0. The van der Waals surface area contributed by atoms with Crippen LogP contribution in [0.3, 0.4) is 0 Å². The second-order valence-electron chi connectivity index (χ2n) is 6.58. The van der Waals surface area contributed by atoms with Crippen molar-refractivity contribution < 1.29 is 13.2 Å². The third-order valence-electron chi connectivity index (χ3n) is 3.32. The molecule has 6 nitrogen and oxygen atoms in total. The van der Waals surface area contributed by atoms with Crippen LogP contribution in [0.5, 0.6) is 0 Å². The van der Waals surface area contributed by atoms with E-state index in [1.54, 1.807) is 32.9 Å². The van der Waals surface area contributed by atoms with E-state index in [1.807, 2.05) is 0 Å². The quantitative estimate of drug-likeness (QED) is 0.548. The van der Waals surface area contributed by atoms with Gasteiger partial charge >= 0.3 is 0 Å². The fraction of sp³-hybridized carbons (Fsp3) is 0.333. The third-order valence-corrected chi connectivity index (χ3v) is 5.37. The first-order valence-corrected chi connectivity index (χ1v) is 9.81. The number of benzene rings is 1. The number of carbonyl (C=O) groups excluding carboxylic acids is 1. The molecule has 142 valence electrons. The summed E-state index contributed by atoms with van der Waals surface area (Å²) in [6.07, 6.45) is 3.04. The maximum Gasteiger partial charge on any atom is 0.243 e. The summed E-state index contributed by atoms with van der Waals surface area (Å²) in [5, 5.41) is 5.61. The molecule has 8 heteroatoms. The van der Waals surface area contributed by atoms with E-state index in [2.05, 4.69) is 23.8 Å². The lowest BCUT2D eigenvalue weighted by atomic mass is 9.96. The topological polar surface area (TPSA) is 78.5 Å². The molecule has 1 aromatic rings. The number of nitrogens with one attached hydrogen (secondary N) is 2. The molecule has 1 rings (SSSR count). The van der Waals surface area contributed by atoms with E-state index in [0.717, 1.165) is 0 Å². The Morgan fingerprint density at radius 1 is 1.15 bits per heavy atom. The van der Waals surface area contributed by atoms with Crippen LogP contribution in [0.2, 0.25) is 0 Å². The molecular weight excluding hydrogens is 370 g/mol. The Balaban J connectivity index is 2.88. The minimum atomic E-state index is -3.65. The molecule has 0 aromatic heterocycles. The standard InChI is InChI=1S/C18H25N3O3S2/c1-6-12-21(13-7-2)26(23,24)15-10-8-14(9-11-15)19-17(25)20-16(22)18(3,4)5/h6-11H,1-2,12-13H2,3-5H3,(H2,19,20,22,25). The molecule has 0 radical (unpaired) electrons. The lowest BCUT2D eigenvalue weighted by molar-refractivity contribution is -0.126. The van der Waals surface area contributed by atoms with Crippen LogP contribution in [0.25, 0.3) is 0 Å². The molecule has 26 heavy (non-hydrogen) atoms. The van der Waals surface area contributed by atoms with Crippen LogP contribution in [0.15, 0.2) is 54.5 Å². The summed E-state index contributed by atoms with van der Waals surface area (Å²) in [6, 6.07) is 6.13. The minimum absolute atomic E-state index is 0.149. The zero-order valence-corrected chi connectivity index (χ0v) is 16.9. The van der Waals surface area contributed by atoms with Crippen molar-refractivity contribution in [3.8, 4) is 0 Å². The minimum Gasteiger partial charge on any atom is -0.332 e. The number of sulfonamides is 1. The maximum atomic E-state index is 12.6. The average molecular weight is 396 g/mol. The van der Waals surface area contributed by atoms with Crippen LogP contribution >= 0.6 is 12.2 Å². The Bertz CT molecular complexity index is 769. The van der Waals surface area contributed by atoms with Gasteiger partial charge in [-0.2, -0.15) is 4.31 Å². The monoisotopic (exact) mass is 395 g/mol. The van der Waals surface area contributed by atoms with Crippen molar-refractivity contribution in [3.63, 3.8) is 0 Å².